The van der Waals surface area contributed by atoms with E-state index >= 15 is 0 Å². The minimum atomic E-state index is 0.367. The molecular weight excluding hydrogens is 172 g/mol. The van der Waals surface area contributed by atoms with Crippen molar-refractivity contribution in [2.24, 2.45) is 0 Å². The highest BCUT2D eigenvalue weighted by atomic mass is 32.1. The average molecular weight is 184 g/mol. The second-order valence-electron chi connectivity index (χ2n) is 2.88. The summed E-state index contributed by atoms with van der Waals surface area (Å²) in [6.45, 7) is 4.60. The van der Waals surface area contributed by atoms with Crippen molar-refractivity contribution in [2.45, 2.75) is 13.0 Å². The van der Waals surface area contributed by atoms with Crippen LogP contribution in [0.1, 0.15) is 16.6 Å². The van der Waals surface area contributed by atoms with E-state index in [-0.39, 0.29) is 0 Å². The van der Waals surface area contributed by atoms with Crippen molar-refractivity contribution in [3.8, 4) is 0 Å². The molecule has 1 aromatic heterocycles. The summed E-state index contributed by atoms with van der Waals surface area (Å²) in [7, 11) is 0. The highest BCUT2D eigenvalue weighted by molar-refractivity contribution is 7.09. The largest absolute Gasteiger partial charge is 0.378 e. The lowest BCUT2D eigenvalue weighted by Crippen LogP contribution is -2.34. The van der Waals surface area contributed by atoms with Gasteiger partial charge in [-0.25, -0.2) is 4.98 Å². The van der Waals surface area contributed by atoms with Gasteiger partial charge in [0.25, 0.3) is 0 Å². The summed E-state index contributed by atoms with van der Waals surface area (Å²) in [5, 5.41) is 3.41. The van der Waals surface area contributed by atoms with Crippen LogP contribution < -0.4 is 5.32 Å². The number of aromatic nitrogens is 1. The molecule has 0 spiro atoms. The SMILES string of the molecule is Cc1ncsc1C1COCCN1. The van der Waals surface area contributed by atoms with Crippen molar-refractivity contribution < 1.29 is 4.74 Å². The second kappa shape index (κ2) is 3.51. The monoisotopic (exact) mass is 184 g/mol. The fraction of sp³-hybridized carbons (Fsp3) is 0.625. The molecule has 1 N–H and O–H groups in total. The first-order chi connectivity index (χ1) is 5.88. The van der Waals surface area contributed by atoms with Crippen LogP contribution in [0.5, 0.6) is 0 Å². The average Bonchev–Trinajstić information content (AvgIpc) is 2.53. The summed E-state index contributed by atoms with van der Waals surface area (Å²) in [6, 6.07) is 0.367. The molecule has 1 fully saturated rings. The molecule has 0 saturated carbocycles. The molecule has 12 heavy (non-hydrogen) atoms. The molecule has 1 saturated heterocycles. The zero-order valence-electron chi connectivity index (χ0n) is 7.04. The highest BCUT2D eigenvalue weighted by Gasteiger charge is 2.18. The molecule has 0 radical (unpaired) electrons. The quantitative estimate of drug-likeness (QED) is 0.710. The van der Waals surface area contributed by atoms with Crippen LogP contribution in [0.3, 0.4) is 0 Å². The highest BCUT2D eigenvalue weighted by Crippen LogP contribution is 2.22. The number of aryl methyl sites for hydroxylation is 1. The topological polar surface area (TPSA) is 34.1 Å². The number of nitrogens with zero attached hydrogens (tertiary/aromatic N) is 1. The van der Waals surface area contributed by atoms with E-state index in [4.69, 9.17) is 4.74 Å². The summed E-state index contributed by atoms with van der Waals surface area (Å²) >= 11 is 1.70. The molecule has 66 valence electrons. The molecule has 2 heterocycles. The Hall–Kier alpha value is -0.450. The molecule has 1 aromatic rings. The summed E-state index contributed by atoms with van der Waals surface area (Å²) < 4.78 is 5.38. The van der Waals surface area contributed by atoms with Crippen LogP contribution in [0.2, 0.25) is 0 Å². The number of hydrogen-bond donors (Lipinski definition) is 1. The standard InChI is InChI=1S/C8H12N2OS/c1-6-8(12-5-10-6)7-4-11-3-2-9-7/h5,7,9H,2-4H2,1H3. The van der Waals surface area contributed by atoms with Gasteiger partial charge in [-0.3, -0.25) is 0 Å². The predicted octanol–water partition coefficient (Wildman–Crippen LogP) is 1.11. The third-order valence-electron chi connectivity index (χ3n) is 2.02. The van der Waals surface area contributed by atoms with Crippen LogP contribution in [-0.2, 0) is 4.74 Å². The smallest absolute Gasteiger partial charge is 0.0798 e. The zero-order valence-corrected chi connectivity index (χ0v) is 7.86. The number of nitrogens with one attached hydrogen (secondary N) is 1. The van der Waals surface area contributed by atoms with E-state index in [1.807, 2.05) is 12.4 Å². The van der Waals surface area contributed by atoms with Crippen molar-refractivity contribution in [1.82, 2.24) is 10.3 Å². The first-order valence-electron chi connectivity index (χ1n) is 4.09. The van der Waals surface area contributed by atoms with E-state index in [9.17, 15) is 0 Å². The molecule has 3 nitrogen and oxygen atoms in total. The van der Waals surface area contributed by atoms with Gasteiger partial charge in [-0.05, 0) is 6.92 Å². The Balaban J connectivity index is 2.13. The lowest BCUT2D eigenvalue weighted by molar-refractivity contribution is 0.0777. The Morgan fingerprint density at radius 2 is 2.67 bits per heavy atom. The first kappa shape index (κ1) is 8.16. The second-order valence-corrected chi connectivity index (χ2v) is 3.77. The molecular formula is C8H12N2OS. The zero-order chi connectivity index (χ0) is 8.39. The number of morpholine rings is 1. The fourth-order valence-electron chi connectivity index (χ4n) is 1.38. The fourth-order valence-corrected chi connectivity index (χ4v) is 2.24. The molecule has 0 aliphatic carbocycles. The Labute approximate surface area is 75.8 Å². The van der Waals surface area contributed by atoms with Crippen molar-refractivity contribution in [1.29, 1.82) is 0 Å². The van der Waals surface area contributed by atoms with Gasteiger partial charge in [-0.15, -0.1) is 11.3 Å². The van der Waals surface area contributed by atoms with Gasteiger partial charge in [0.2, 0.25) is 0 Å². The van der Waals surface area contributed by atoms with Gasteiger partial charge in [-0.1, -0.05) is 0 Å². The molecule has 4 heteroatoms. The first-order valence-corrected chi connectivity index (χ1v) is 4.97. The maximum atomic E-state index is 5.38. The lowest BCUT2D eigenvalue weighted by atomic mass is 10.2. The Morgan fingerprint density at radius 1 is 1.75 bits per heavy atom. The van der Waals surface area contributed by atoms with Gasteiger partial charge in [-0.2, -0.15) is 0 Å². The minimum Gasteiger partial charge on any atom is -0.378 e. The van der Waals surface area contributed by atoms with E-state index < -0.39 is 0 Å². The van der Waals surface area contributed by atoms with Crippen LogP contribution in [0.4, 0.5) is 0 Å². The molecule has 1 aliphatic rings. The molecule has 1 unspecified atom stereocenters. The Kier molecular flexibility index (Phi) is 2.39. The summed E-state index contributed by atoms with van der Waals surface area (Å²) in [4.78, 5) is 5.53. The summed E-state index contributed by atoms with van der Waals surface area (Å²) in [5.41, 5.74) is 3.02. The number of ether oxygens (including phenoxy) is 1. The van der Waals surface area contributed by atoms with Crippen molar-refractivity contribution >= 4 is 11.3 Å². The molecule has 0 aromatic carbocycles. The van der Waals surface area contributed by atoms with E-state index in [2.05, 4.69) is 10.3 Å². The van der Waals surface area contributed by atoms with E-state index in [1.165, 1.54) is 4.88 Å². The minimum absolute atomic E-state index is 0.367. The number of hydrogen-bond acceptors (Lipinski definition) is 4. The third kappa shape index (κ3) is 1.50. The van der Waals surface area contributed by atoms with Gasteiger partial charge >= 0.3 is 0 Å². The van der Waals surface area contributed by atoms with E-state index in [0.717, 1.165) is 25.5 Å². The molecule has 0 bridgehead atoms. The van der Waals surface area contributed by atoms with Crippen molar-refractivity contribution in [3.05, 3.63) is 16.1 Å². The maximum absolute atomic E-state index is 5.38. The van der Waals surface area contributed by atoms with E-state index in [1.54, 1.807) is 11.3 Å². The maximum Gasteiger partial charge on any atom is 0.0798 e. The molecule has 0 amide bonds. The van der Waals surface area contributed by atoms with Crippen molar-refractivity contribution in [3.63, 3.8) is 0 Å². The van der Waals surface area contributed by atoms with Gasteiger partial charge in [0.05, 0.1) is 30.5 Å². The van der Waals surface area contributed by atoms with Crippen LogP contribution >= 0.6 is 11.3 Å². The number of rotatable bonds is 1. The normalized spacial score (nSPS) is 24.2. The molecule has 2 rings (SSSR count). The number of thiazole rings is 1. The van der Waals surface area contributed by atoms with Crippen LogP contribution in [-0.4, -0.2) is 24.7 Å². The van der Waals surface area contributed by atoms with Crippen LogP contribution in [0.15, 0.2) is 5.51 Å². The van der Waals surface area contributed by atoms with Gasteiger partial charge in [0.15, 0.2) is 0 Å². The lowest BCUT2D eigenvalue weighted by Gasteiger charge is -2.22. The molecule has 1 aliphatic heterocycles. The summed E-state index contributed by atoms with van der Waals surface area (Å²) in [5.74, 6) is 0. The molecule has 1 atom stereocenters. The third-order valence-corrected chi connectivity index (χ3v) is 3.07. The van der Waals surface area contributed by atoms with Gasteiger partial charge in [0, 0.05) is 11.4 Å². The Morgan fingerprint density at radius 3 is 3.25 bits per heavy atom. The summed E-state index contributed by atoms with van der Waals surface area (Å²) in [6.07, 6.45) is 0. The predicted molar refractivity (Wildman–Crippen MR) is 48.4 cm³/mol. The van der Waals surface area contributed by atoms with E-state index in [0.29, 0.717) is 6.04 Å². The van der Waals surface area contributed by atoms with Crippen LogP contribution in [0, 0.1) is 6.92 Å². The Bertz CT molecular complexity index is 255. The van der Waals surface area contributed by atoms with Crippen molar-refractivity contribution in [2.75, 3.05) is 19.8 Å². The van der Waals surface area contributed by atoms with Gasteiger partial charge < -0.3 is 10.1 Å². The van der Waals surface area contributed by atoms with Crippen LogP contribution in [0.25, 0.3) is 0 Å². The van der Waals surface area contributed by atoms with Gasteiger partial charge in [0.1, 0.15) is 0 Å².